The fourth-order valence-corrected chi connectivity index (χ4v) is 1.49. The SMILES string of the molecule is Bc1ccnc(N2CCOCC2)c1. The maximum Gasteiger partial charge on any atom is 0.139 e. The Morgan fingerprint density at radius 3 is 2.85 bits per heavy atom. The minimum Gasteiger partial charge on any atom is -0.378 e. The molecule has 0 N–H and O–H groups in total. The van der Waals surface area contributed by atoms with Crippen molar-refractivity contribution in [1.82, 2.24) is 4.98 Å². The van der Waals surface area contributed by atoms with Gasteiger partial charge in [-0.15, -0.1) is 0 Å². The van der Waals surface area contributed by atoms with Crippen molar-refractivity contribution in [1.29, 1.82) is 0 Å². The third-order valence-electron chi connectivity index (χ3n) is 2.24. The molecule has 2 heterocycles. The van der Waals surface area contributed by atoms with Crippen LogP contribution in [-0.4, -0.2) is 39.1 Å². The molecule has 1 aromatic rings. The smallest absolute Gasteiger partial charge is 0.139 e. The average molecular weight is 176 g/mol. The molecule has 13 heavy (non-hydrogen) atoms. The predicted molar refractivity (Wildman–Crippen MR) is 55.4 cm³/mol. The second kappa shape index (κ2) is 3.79. The Bertz CT molecular complexity index is 287. The summed E-state index contributed by atoms with van der Waals surface area (Å²) in [5.41, 5.74) is 1.26. The molecule has 1 fully saturated rings. The molecule has 1 aliphatic heterocycles. The van der Waals surface area contributed by atoms with Crippen molar-refractivity contribution in [3.8, 4) is 0 Å². The molecule has 4 heteroatoms. The molecule has 0 unspecified atom stereocenters. The number of hydrogen-bond acceptors (Lipinski definition) is 3. The van der Waals surface area contributed by atoms with Gasteiger partial charge in [0.1, 0.15) is 13.7 Å². The number of morpholine rings is 1. The Hall–Kier alpha value is -1.03. The van der Waals surface area contributed by atoms with Crippen molar-refractivity contribution in [2.75, 3.05) is 31.2 Å². The van der Waals surface area contributed by atoms with Gasteiger partial charge in [-0.2, -0.15) is 0 Å². The lowest BCUT2D eigenvalue weighted by atomic mass is 9.98. The topological polar surface area (TPSA) is 25.4 Å². The molecular weight excluding hydrogens is 163 g/mol. The first-order valence-electron chi connectivity index (χ1n) is 4.61. The van der Waals surface area contributed by atoms with Crippen LogP contribution in [0, 0.1) is 0 Å². The Morgan fingerprint density at radius 2 is 2.15 bits per heavy atom. The van der Waals surface area contributed by atoms with Crippen molar-refractivity contribution in [2.45, 2.75) is 0 Å². The molecule has 0 amide bonds. The van der Waals surface area contributed by atoms with Crippen LogP contribution in [0.25, 0.3) is 0 Å². The fourth-order valence-electron chi connectivity index (χ4n) is 1.49. The zero-order valence-electron chi connectivity index (χ0n) is 7.86. The van der Waals surface area contributed by atoms with Gasteiger partial charge in [0.15, 0.2) is 0 Å². The van der Waals surface area contributed by atoms with E-state index < -0.39 is 0 Å². The zero-order chi connectivity index (χ0) is 9.10. The molecule has 0 bridgehead atoms. The van der Waals surface area contributed by atoms with E-state index in [1.54, 1.807) is 0 Å². The molecule has 0 aromatic carbocycles. The minimum absolute atomic E-state index is 0.815. The lowest BCUT2D eigenvalue weighted by Crippen LogP contribution is -2.37. The lowest BCUT2D eigenvalue weighted by Gasteiger charge is -2.27. The van der Waals surface area contributed by atoms with Crippen LogP contribution in [0.15, 0.2) is 18.3 Å². The third kappa shape index (κ3) is 2.01. The second-order valence-electron chi connectivity index (χ2n) is 3.29. The van der Waals surface area contributed by atoms with Crippen LogP contribution in [0.1, 0.15) is 0 Å². The zero-order valence-corrected chi connectivity index (χ0v) is 7.86. The van der Waals surface area contributed by atoms with Gasteiger partial charge in [0, 0.05) is 19.3 Å². The van der Waals surface area contributed by atoms with E-state index in [-0.39, 0.29) is 0 Å². The first-order valence-corrected chi connectivity index (χ1v) is 4.61. The van der Waals surface area contributed by atoms with Crippen LogP contribution in [0.5, 0.6) is 0 Å². The van der Waals surface area contributed by atoms with Crippen LogP contribution in [0.4, 0.5) is 5.82 Å². The normalized spacial score (nSPS) is 17.4. The van der Waals surface area contributed by atoms with Gasteiger partial charge in [0.25, 0.3) is 0 Å². The Balaban J connectivity index is 2.14. The first-order chi connectivity index (χ1) is 6.36. The van der Waals surface area contributed by atoms with Crippen molar-refractivity contribution in [2.24, 2.45) is 0 Å². The lowest BCUT2D eigenvalue weighted by molar-refractivity contribution is 0.122. The Kier molecular flexibility index (Phi) is 2.50. The van der Waals surface area contributed by atoms with Gasteiger partial charge in [0.2, 0.25) is 0 Å². The van der Waals surface area contributed by atoms with E-state index in [0.29, 0.717) is 0 Å². The summed E-state index contributed by atoms with van der Waals surface area (Å²) >= 11 is 0. The van der Waals surface area contributed by atoms with E-state index in [2.05, 4.69) is 23.8 Å². The van der Waals surface area contributed by atoms with Crippen LogP contribution < -0.4 is 10.4 Å². The number of aromatic nitrogens is 1. The number of ether oxygens (including phenoxy) is 1. The standard InChI is InChI=1S/C9H13BN2O/c10-8-1-2-11-9(7-8)12-3-5-13-6-4-12/h1-2,7H,3-6,10H2. The maximum atomic E-state index is 5.28. The van der Waals surface area contributed by atoms with Gasteiger partial charge in [0.05, 0.1) is 13.2 Å². The van der Waals surface area contributed by atoms with Crippen molar-refractivity contribution in [3.05, 3.63) is 18.3 Å². The van der Waals surface area contributed by atoms with Gasteiger partial charge in [-0.1, -0.05) is 5.46 Å². The van der Waals surface area contributed by atoms with Crippen LogP contribution in [0.3, 0.4) is 0 Å². The highest BCUT2D eigenvalue weighted by Crippen LogP contribution is 2.09. The highest BCUT2D eigenvalue weighted by atomic mass is 16.5. The van der Waals surface area contributed by atoms with Crippen molar-refractivity contribution >= 4 is 19.1 Å². The molecule has 0 spiro atoms. The van der Waals surface area contributed by atoms with Gasteiger partial charge >= 0.3 is 0 Å². The molecule has 0 aliphatic carbocycles. The van der Waals surface area contributed by atoms with Crippen molar-refractivity contribution in [3.63, 3.8) is 0 Å². The Labute approximate surface area is 79.1 Å². The predicted octanol–water partition coefficient (Wildman–Crippen LogP) is -0.823. The minimum atomic E-state index is 0.815. The third-order valence-corrected chi connectivity index (χ3v) is 2.24. The van der Waals surface area contributed by atoms with Gasteiger partial charge in [-0.3, -0.25) is 0 Å². The first kappa shape index (κ1) is 8.57. The summed E-state index contributed by atoms with van der Waals surface area (Å²) in [4.78, 5) is 6.59. The summed E-state index contributed by atoms with van der Waals surface area (Å²) in [5, 5.41) is 0. The van der Waals surface area contributed by atoms with E-state index in [0.717, 1.165) is 32.1 Å². The number of nitrogens with zero attached hydrogens (tertiary/aromatic N) is 2. The molecule has 0 atom stereocenters. The quantitative estimate of drug-likeness (QED) is 0.522. The van der Waals surface area contributed by atoms with Gasteiger partial charge in [-0.05, 0) is 12.1 Å². The van der Waals surface area contributed by atoms with Gasteiger partial charge < -0.3 is 9.64 Å². The molecule has 0 saturated carbocycles. The van der Waals surface area contributed by atoms with Crippen LogP contribution in [0.2, 0.25) is 0 Å². The number of anilines is 1. The number of hydrogen-bond donors (Lipinski definition) is 0. The summed E-state index contributed by atoms with van der Waals surface area (Å²) in [5.74, 6) is 1.07. The second-order valence-corrected chi connectivity index (χ2v) is 3.29. The molecule has 0 radical (unpaired) electrons. The molecule has 1 aromatic heterocycles. The maximum absolute atomic E-state index is 5.28. The molecule has 1 saturated heterocycles. The summed E-state index contributed by atoms with van der Waals surface area (Å²) < 4.78 is 5.28. The van der Waals surface area contributed by atoms with Crippen molar-refractivity contribution < 1.29 is 4.74 Å². The highest BCUT2D eigenvalue weighted by Gasteiger charge is 2.11. The summed E-state index contributed by atoms with van der Waals surface area (Å²) in [6.45, 7) is 3.54. The Morgan fingerprint density at radius 1 is 1.38 bits per heavy atom. The highest BCUT2D eigenvalue weighted by molar-refractivity contribution is 6.32. The van der Waals surface area contributed by atoms with E-state index in [9.17, 15) is 0 Å². The van der Waals surface area contributed by atoms with Gasteiger partial charge in [-0.25, -0.2) is 4.98 Å². The molecule has 68 valence electrons. The molecule has 3 nitrogen and oxygen atoms in total. The number of rotatable bonds is 1. The van der Waals surface area contributed by atoms with Crippen LogP contribution >= 0.6 is 0 Å². The molecule has 1 aliphatic rings. The van der Waals surface area contributed by atoms with E-state index in [1.165, 1.54) is 5.46 Å². The average Bonchev–Trinajstić information content (AvgIpc) is 2.19. The van der Waals surface area contributed by atoms with E-state index in [4.69, 9.17) is 4.74 Å². The van der Waals surface area contributed by atoms with E-state index >= 15 is 0 Å². The van der Waals surface area contributed by atoms with E-state index in [1.807, 2.05) is 12.3 Å². The molecular formula is C9H13BN2O. The molecule has 2 rings (SSSR count). The summed E-state index contributed by atoms with van der Waals surface area (Å²) in [7, 11) is 2.09. The summed E-state index contributed by atoms with van der Waals surface area (Å²) in [6, 6.07) is 4.13. The summed E-state index contributed by atoms with van der Waals surface area (Å²) in [6.07, 6.45) is 1.86. The largest absolute Gasteiger partial charge is 0.378 e. The van der Waals surface area contributed by atoms with Crippen LogP contribution in [-0.2, 0) is 4.74 Å². The fraction of sp³-hybridized carbons (Fsp3) is 0.444. The number of pyridine rings is 1. The monoisotopic (exact) mass is 176 g/mol.